The van der Waals surface area contributed by atoms with Gasteiger partial charge in [-0.1, -0.05) is 0 Å². The lowest BCUT2D eigenvalue weighted by Crippen LogP contribution is -2.24. The molecule has 0 N–H and O–H groups in total. The van der Waals surface area contributed by atoms with Gasteiger partial charge in [0, 0.05) is 12.3 Å². The van der Waals surface area contributed by atoms with Crippen LogP contribution in [-0.2, 0) is 4.79 Å². The Morgan fingerprint density at radius 2 is 2.32 bits per heavy atom. The molecule has 98 valence electrons. The minimum Gasteiger partial charge on any atom is -0.337 e. The standard InChI is InChI=1S/C13H11BrFN3O/c1-2-18-7-9(5-11(18)19)17-13-8(6-16)3-4-10(15)12(13)14/h3-4H,2,5,7H2,1H3. The SMILES string of the molecule is CCN1CC(=Nc2c(C#N)ccc(F)c2Br)CC1=O. The monoisotopic (exact) mass is 323 g/mol. The van der Waals surface area contributed by atoms with Crippen LogP contribution < -0.4 is 0 Å². The Balaban J connectivity index is 2.42. The fraction of sp³-hybridized carbons (Fsp3) is 0.308. The summed E-state index contributed by atoms with van der Waals surface area (Å²) in [5, 5.41) is 9.02. The van der Waals surface area contributed by atoms with Crippen molar-refractivity contribution in [2.24, 2.45) is 4.99 Å². The summed E-state index contributed by atoms with van der Waals surface area (Å²) in [6, 6.07) is 4.57. The van der Waals surface area contributed by atoms with Crippen molar-refractivity contribution in [2.45, 2.75) is 13.3 Å². The number of hydrogen-bond acceptors (Lipinski definition) is 3. The molecule has 1 aliphatic rings. The normalized spacial score (nSPS) is 17.1. The van der Waals surface area contributed by atoms with E-state index in [1.807, 2.05) is 13.0 Å². The second-order valence-corrected chi connectivity index (χ2v) is 4.93. The number of amides is 1. The minimum absolute atomic E-state index is 0.00674. The molecule has 1 aliphatic heterocycles. The lowest BCUT2D eigenvalue weighted by molar-refractivity contribution is -0.127. The topological polar surface area (TPSA) is 56.5 Å². The van der Waals surface area contributed by atoms with Crippen LogP contribution in [-0.4, -0.2) is 29.6 Å². The van der Waals surface area contributed by atoms with E-state index in [1.165, 1.54) is 12.1 Å². The number of nitriles is 1. The molecular weight excluding hydrogens is 313 g/mol. The van der Waals surface area contributed by atoms with E-state index < -0.39 is 5.82 Å². The first kappa shape index (κ1) is 13.7. The number of halogens is 2. The van der Waals surface area contributed by atoms with Gasteiger partial charge in [0.25, 0.3) is 0 Å². The van der Waals surface area contributed by atoms with Crippen LogP contribution in [0.4, 0.5) is 10.1 Å². The minimum atomic E-state index is -0.477. The average molecular weight is 324 g/mol. The van der Waals surface area contributed by atoms with E-state index in [0.717, 1.165) is 0 Å². The number of likely N-dealkylation sites (tertiary alicyclic amines) is 1. The molecule has 6 heteroatoms. The second-order valence-electron chi connectivity index (χ2n) is 4.13. The zero-order valence-electron chi connectivity index (χ0n) is 10.3. The molecule has 0 saturated carbocycles. The molecule has 0 atom stereocenters. The van der Waals surface area contributed by atoms with Gasteiger partial charge in [-0.25, -0.2) is 4.39 Å². The van der Waals surface area contributed by atoms with Crippen molar-refractivity contribution < 1.29 is 9.18 Å². The third-order valence-electron chi connectivity index (χ3n) is 2.92. The molecule has 0 radical (unpaired) electrons. The summed E-state index contributed by atoms with van der Waals surface area (Å²) in [6.45, 7) is 2.94. The molecule has 1 aromatic rings. The van der Waals surface area contributed by atoms with E-state index in [9.17, 15) is 9.18 Å². The van der Waals surface area contributed by atoms with Gasteiger partial charge in [0.05, 0.1) is 28.7 Å². The number of rotatable bonds is 2. The third-order valence-corrected chi connectivity index (χ3v) is 3.68. The van der Waals surface area contributed by atoms with Crippen molar-refractivity contribution >= 4 is 33.2 Å². The molecule has 0 unspecified atom stereocenters. The van der Waals surface area contributed by atoms with Crippen LogP contribution in [0.2, 0.25) is 0 Å². The summed E-state index contributed by atoms with van der Waals surface area (Å²) in [5.74, 6) is -0.470. The highest BCUT2D eigenvalue weighted by molar-refractivity contribution is 9.10. The number of benzene rings is 1. The van der Waals surface area contributed by atoms with Crippen LogP contribution in [0.5, 0.6) is 0 Å². The fourth-order valence-electron chi connectivity index (χ4n) is 1.91. The van der Waals surface area contributed by atoms with Crippen molar-refractivity contribution in [3.63, 3.8) is 0 Å². The summed E-state index contributed by atoms with van der Waals surface area (Å²) >= 11 is 3.09. The number of nitrogens with zero attached hydrogens (tertiary/aromatic N) is 3. The van der Waals surface area contributed by atoms with Crippen LogP contribution in [0.25, 0.3) is 0 Å². The number of aliphatic imine (C=N–C) groups is 1. The molecule has 1 fully saturated rings. The van der Waals surface area contributed by atoms with E-state index in [-0.39, 0.29) is 28.1 Å². The van der Waals surface area contributed by atoms with Gasteiger partial charge in [0.2, 0.25) is 5.91 Å². The average Bonchev–Trinajstić information content (AvgIpc) is 2.75. The summed E-state index contributed by atoms with van der Waals surface area (Å²) in [6.07, 6.45) is 0.224. The molecular formula is C13H11BrFN3O. The molecule has 0 bridgehead atoms. The summed E-state index contributed by atoms with van der Waals surface area (Å²) in [7, 11) is 0. The molecule has 1 heterocycles. The number of carbonyl (C=O) groups excluding carboxylic acids is 1. The molecule has 19 heavy (non-hydrogen) atoms. The Hall–Kier alpha value is -1.74. The predicted octanol–water partition coefficient (Wildman–Crippen LogP) is 2.78. The fourth-order valence-corrected chi connectivity index (χ4v) is 2.35. The van der Waals surface area contributed by atoms with Crippen LogP contribution in [0, 0.1) is 17.1 Å². The first-order valence-electron chi connectivity index (χ1n) is 5.79. The molecule has 1 saturated heterocycles. The highest BCUT2D eigenvalue weighted by Gasteiger charge is 2.25. The highest BCUT2D eigenvalue weighted by Crippen LogP contribution is 2.32. The maximum Gasteiger partial charge on any atom is 0.228 e. The zero-order valence-corrected chi connectivity index (χ0v) is 11.9. The first-order chi connectivity index (χ1) is 9.06. The van der Waals surface area contributed by atoms with Gasteiger partial charge in [-0.3, -0.25) is 9.79 Å². The van der Waals surface area contributed by atoms with Gasteiger partial charge >= 0.3 is 0 Å². The van der Waals surface area contributed by atoms with Crippen molar-refractivity contribution in [3.8, 4) is 6.07 Å². The van der Waals surface area contributed by atoms with Crippen molar-refractivity contribution in [1.82, 2.24) is 4.90 Å². The maximum atomic E-state index is 13.5. The number of hydrogen-bond donors (Lipinski definition) is 0. The molecule has 0 spiro atoms. The lowest BCUT2D eigenvalue weighted by Gasteiger charge is -2.10. The van der Waals surface area contributed by atoms with Gasteiger partial charge in [-0.2, -0.15) is 5.26 Å². The maximum absolute atomic E-state index is 13.5. The Morgan fingerprint density at radius 1 is 1.58 bits per heavy atom. The van der Waals surface area contributed by atoms with Crippen LogP contribution in [0.3, 0.4) is 0 Å². The lowest BCUT2D eigenvalue weighted by atomic mass is 10.2. The van der Waals surface area contributed by atoms with E-state index in [0.29, 0.717) is 18.8 Å². The van der Waals surface area contributed by atoms with Crippen molar-refractivity contribution in [2.75, 3.05) is 13.1 Å². The number of carbonyl (C=O) groups is 1. The Bertz CT molecular complexity index is 607. The van der Waals surface area contributed by atoms with Crippen LogP contribution in [0.1, 0.15) is 18.9 Å². The van der Waals surface area contributed by atoms with E-state index in [2.05, 4.69) is 20.9 Å². The predicted molar refractivity (Wildman–Crippen MR) is 72.8 cm³/mol. The molecule has 0 aromatic heterocycles. The molecule has 4 nitrogen and oxygen atoms in total. The van der Waals surface area contributed by atoms with Gasteiger partial charge in [-0.15, -0.1) is 0 Å². The quantitative estimate of drug-likeness (QED) is 0.840. The molecule has 0 aliphatic carbocycles. The summed E-state index contributed by atoms with van der Waals surface area (Å²) < 4.78 is 13.6. The van der Waals surface area contributed by atoms with Crippen molar-refractivity contribution in [1.29, 1.82) is 5.26 Å². The van der Waals surface area contributed by atoms with E-state index >= 15 is 0 Å². The van der Waals surface area contributed by atoms with Crippen molar-refractivity contribution in [3.05, 3.63) is 28.0 Å². The summed E-state index contributed by atoms with van der Waals surface area (Å²) in [4.78, 5) is 17.6. The van der Waals surface area contributed by atoms with Gasteiger partial charge in [-0.05, 0) is 35.0 Å². The van der Waals surface area contributed by atoms with Crippen LogP contribution in [0.15, 0.2) is 21.6 Å². The van der Waals surface area contributed by atoms with Crippen LogP contribution >= 0.6 is 15.9 Å². The van der Waals surface area contributed by atoms with E-state index in [1.54, 1.807) is 4.90 Å². The largest absolute Gasteiger partial charge is 0.337 e. The molecule has 2 rings (SSSR count). The Kier molecular flexibility index (Phi) is 3.96. The van der Waals surface area contributed by atoms with Gasteiger partial charge in [0.1, 0.15) is 11.9 Å². The van der Waals surface area contributed by atoms with Gasteiger partial charge < -0.3 is 4.90 Å². The van der Waals surface area contributed by atoms with E-state index in [4.69, 9.17) is 5.26 Å². The summed E-state index contributed by atoms with van der Waals surface area (Å²) in [5.41, 5.74) is 1.18. The molecule has 1 aromatic carbocycles. The third kappa shape index (κ3) is 2.66. The molecule has 1 amide bonds. The van der Waals surface area contributed by atoms with Gasteiger partial charge in [0.15, 0.2) is 0 Å². The first-order valence-corrected chi connectivity index (χ1v) is 6.58. The highest BCUT2D eigenvalue weighted by atomic mass is 79.9. The zero-order chi connectivity index (χ0) is 14.0. The second kappa shape index (κ2) is 5.49. The smallest absolute Gasteiger partial charge is 0.228 e. The Morgan fingerprint density at radius 3 is 2.89 bits per heavy atom. The Labute approximate surface area is 118 Å².